The maximum Gasteiger partial charge on any atom is 0.223 e. The number of hydrogen-bond acceptors (Lipinski definition) is 3. The van der Waals surface area contributed by atoms with Gasteiger partial charge in [-0.2, -0.15) is 0 Å². The number of amides is 1. The van der Waals surface area contributed by atoms with Crippen molar-refractivity contribution >= 4 is 5.91 Å². The van der Waals surface area contributed by atoms with Crippen LogP contribution in [0.15, 0.2) is 30.3 Å². The predicted octanol–water partition coefficient (Wildman–Crippen LogP) is 2.38. The molecule has 0 aliphatic heterocycles. The van der Waals surface area contributed by atoms with Crippen molar-refractivity contribution in [2.45, 2.75) is 45.8 Å². The highest BCUT2D eigenvalue weighted by Gasteiger charge is 2.31. The van der Waals surface area contributed by atoms with Gasteiger partial charge in [0, 0.05) is 12.6 Å². The fraction of sp³-hybridized carbons (Fsp3) is 0.611. The van der Waals surface area contributed by atoms with Crippen molar-refractivity contribution in [3.05, 3.63) is 35.9 Å². The van der Waals surface area contributed by atoms with E-state index in [2.05, 4.69) is 24.1 Å². The molecule has 1 amide bonds. The molecule has 2 N–H and O–H groups in total. The van der Waals surface area contributed by atoms with Gasteiger partial charge < -0.3 is 15.3 Å². The van der Waals surface area contributed by atoms with E-state index in [4.69, 9.17) is 0 Å². The summed E-state index contributed by atoms with van der Waals surface area (Å²) in [6, 6.07) is 9.33. The van der Waals surface area contributed by atoms with Gasteiger partial charge in [-0.25, -0.2) is 0 Å². The SMILES string of the molecule is CC(NC(=O)CC(C)(O)c1ccccc1)C(C)(C)CN(C)C. The molecule has 0 saturated carbocycles. The molecule has 1 aromatic carbocycles. The monoisotopic (exact) mass is 306 g/mol. The van der Waals surface area contributed by atoms with E-state index in [9.17, 15) is 9.90 Å². The molecule has 0 radical (unpaired) electrons. The second-order valence-corrected chi connectivity index (χ2v) is 7.33. The highest BCUT2D eigenvalue weighted by atomic mass is 16.3. The molecule has 0 saturated heterocycles. The average molecular weight is 306 g/mol. The molecule has 0 aliphatic rings. The normalized spacial score (nSPS) is 16.2. The highest BCUT2D eigenvalue weighted by molar-refractivity contribution is 5.77. The summed E-state index contributed by atoms with van der Waals surface area (Å²) in [5, 5.41) is 13.6. The second kappa shape index (κ2) is 7.25. The summed E-state index contributed by atoms with van der Waals surface area (Å²) in [5.41, 5.74) is -0.445. The van der Waals surface area contributed by atoms with Crippen LogP contribution in [-0.4, -0.2) is 42.6 Å². The van der Waals surface area contributed by atoms with E-state index in [-0.39, 0.29) is 23.8 Å². The molecule has 22 heavy (non-hydrogen) atoms. The first-order valence-electron chi connectivity index (χ1n) is 7.76. The molecule has 1 aromatic rings. The number of carbonyl (C=O) groups is 1. The van der Waals surface area contributed by atoms with Crippen LogP contribution in [0.2, 0.25) is 0 Å². The molecule has 0 aliphatic carbocycles. The lowest BCUT2D eigenvalue weighted by atomic mass is 9.84. The van der Waals surface area contributed by atoms with Crippen molar-refractivity contribution in [3.63, 3.8) is 0 Å². The summed E-state index contributed by atoms with van der Waals surface area (Å²) in [6.07, 6.45) is 0.0550. The predicted molar refractivity (Wildman–Crippen MR) is 90.6 cm³/mol. The maximum atomic E-state index is 12.3. The lowest BCUT2D eigenvalue weighted by Crippen LogP contribution is -2.48. The zero-order valence-corrected chi connectivity index (χ0v) is 14.7. The van der Waals surface area contributed by atoms with Crippen molar-refractivity contribution < 1.29 is 9.90 Å². The highest BCUT2D eigenvalue weighted by Crippen LogP contribution is 2.25. The zero-order valence-electron chi connectivity index (χ0n) is 14.7. The smallest absolute Gasteiger partial charge is 0.223 e. The van der Waals surface area contributed by atoms with Gasteiger partial charge in [0.1, 0.15) is 0 Å². The van der Waals surface area contributed by atoms with Crippen molar-refractivity contribution in [2.24, 2.45) is 5.41 Å². The molecule has 1 rings (SSSR count). The van der Waals surface area contributed by atoms with Crippen LogP contribution in [0.4, 0.5) is 0 Å². The van der Waals surface area contributed by atoms with Gasteiger partial charge in [0.15, 0.2) is 0 Å². The summed E-state index contributed by atoms with van der Waals surface area (Å²) in [5.74, 6) is -0.131. The third-order valence-corrected chi connectivity index (χ3v) is 4.17. The second-order valence-electron chi connectivity index (χ2n) is 7.33. The van der Waals surface area contributed by atoms with Crippen LogP contribution >= 0.6 is 0 Å². The standard InChI is InChI=1S/C18H30N2O2/c1-14(17(2,3)13-20(5)6)19-16(21)12-18(4,22)15-10-8-7-9-11-15/h7-11,14,22H,12-13H2,1-6H3,(H,19,21). The average Bonchev–Trinajstić information content (AvgIpc) is 2.37. The summed E-state index contributed by atoms with van der Waals surface area (Å²) >= 11 is 0. The van der Waals surface area contributed by atoms with E-state index in [1.54, 1.807) is 6.92 Å². The Morgan fingerprint density at radius 2 is 1.77 bits per heavy atom. The van der Waals surface area contributed by atoms with Gasteiger partial charge in [0.2, 0.25) is 5.91 Å². The van der Waals surface area contributed by atoms with Gasteiger partial charge in [-0.05, 0) is 38.9 Å². The molecule has 124 valence electrons. The van der Waals surface area contributed by atoms with E-state index in [1.165, 1.54) is 0 Å². The minimum Gasteiger partial charge on any atom is -0.385 e. The molecule has 0 spiro atoms. The molecule has 2 unspecified atom stereocenters. The maximum absolute atomic E-state index is 12.3. The molecule has 0 fully saturated rings. The summed E-state index contributed by atoms with van der Waals surface area (Å²) in [6.45, 7) is 8.83. The third-order valence-electron chi connectivity index (χ3n) is 4.17. The van der Waals surface area contributed by atoms with Gasteiger partial charge in [-0.15, -0.1) is 0 Å². The Kier molecular flexibility index (Phi) is 6.15. The van der Waals surface area contributed by atoms with Crippen LogP contribution in [-0.2, 0) is 10.4 Å². The van der Waals surface area contributed by atoms with Crippen molar-refractivity contribution in [1.82, 2.24) is 10.2 Å². The molecular formula is C18H30N2O2. The summed E-state index contributed by atoms with van der Waals surface area (Å²) in [7, 11) is 4.05. The van der Waals surface area contributed by atoms with Crippen LogP contribution in [0.5, 0.6) is 0 Å². The van der Waals surface area contributed by atoms with Crippen LogP contribution < -0.4 is 5.32 Å². The molecule has 4 nitrogen and oxygen atoms in total. The first kappa shape index (κ1) is 18.7. The van der Waals surface area contributed by atoms with E-state index in [1.807, 2.05) is 51.4 Å². The van der Waals surface area contributed by atoms with Gasteiger partial charge in [0.05, 0.1) is 12.0 Å². The Bertz CT molecular complexity index is 481. The van der Waals surface area contributed by atoms with Gasteiger partial charge >= 0.3 is 0 Å². The van der Waals surface area contributed by atoms with Crippen LogP contribution in [0.25, 0.3) is 0 Å². The Morgan fingerprint density at radius 3 is 2.27 bits per heavy atom. The number of carbonyl (C=O) groups excluding carboxylic acids is 1. The molecule has 0 heterocycles. The van der Waals surface area contributed by atoms with Crippen LogP contribution in [0.3, 0.4) is 0 Å². The Balaban J connectivity index is 2.66. The number of aliphatic hydroxyl groups is 1. The van der Waals surface area contributed by atoms with Gasteiger partial charge in [0.25, 0.3) is 0 Å². The Hall–Kier alpha value is -1.39. The number of hydrogen-bond donors (Lipinski definition) is 2. The van der Waals surface area contributed by atoms with Gasteiger partial charge in [-0.3, -0.25) is 4.79 Å². The number of rotatable bonds is 7. The van der Waals surface area contributed by atoms with Crippen molar-refractivity contribution in [2.75, 3.05) is 20.6 Å². The lowest BCUT2D eigenvalue weighted by Gasteiger charge is -2.35. The third kappa shape index (κ3) is 5.43. The Labute approximate surface area is 134 Å². The van der Waals surface area contributed by atoms with Crippen molar-refractivity contribution in [1.29, 1.82) is 0 Å². The lowest BCUT2D eigenvalue weighted by molar-refractivity contribution is -0.127. The Morgan fingerprint density at radius 1 is 1.23 bits per heavy atom. The number of nitrogens with zero attached hydrogens (tertiary/aromatic N) is 1. The minimum atomic E-state index is -1.16. The molecule has 0 aromatic heterocycles. The fourth-order valence-electron chi connectivity index (χ4n) is 2.65. The first-order chi connectivity index (χ1) is 10.0. The van der Waals surface area contributed by atoms with E-state index in [0.717, 1.165) is 12.1 Å². The molecular weight excluding hydrogens is 276 g/mol. The topological polar surface area (TPSA) is 52.6 Å². The van der Waals surface area contributed by atoms with Gasteiger partial charge in [-0.1, -0.05) is 44.2 Å². The molecule has 0 bridgehead atoms. The zero-order chi connectivity index (χ0) is 17.0. The minimum absolute atomic E-state index is 0.0222. The molecule has 2 atom stereocenters. The fourth-order valence-corrected chi connectivity index (χ4v) is 2.65. The van der Waals surface area contributed by atoms with Crippen LogP contribution in [0, 0.1) is 5.41 Å². The largest absolute Gasteiger partial charge is 0.385 e. The molecule has 4 heteroatoms. The first-order valence-corrected chi connectivity index (χ1v) is 7.76. The van der Waals surface area contributed by atoms with Crippen LogP contribution in [0.1, 0.15) is 39.7 Å². The van der Waals surface area contributed by atoms with E-state index in [0.29, 0.717) is 0 Å². The number of benzene rings is 1. The summed E-state index contributed by atoms with van der Waals surface area (Å²) < 4.78 is 0. The van der Waals surface area contributed by atoms with Crippen molar-refractivity contribution in [3.8, 4) is 0 Å². The summed E-state index contributed by atoms with van der Waals surface area (Å²) in [4.78, 5) is 14.4. The quantitative estimate of drug-likeness (QED) is 0.813. The number of nitrogens with one attached hydrogen (secondary N) is 1. The van der Waals surface area contributed by atoms with E-state index < -0.39 is 5.60 Å². The van der Waals surface area contributed by atoms with E-state index >= 15 is 0 Å².